The first-order chi connectivity index (χ1) is 16.3. The smallest absolute Gasteiger partial charge is 0.319 e. The molecule has 0 saturated heterocycles. The van der Waals surface area contributed by atoms with E-state index in [1.807, 2.05) is 27.7 Å². The molecular formula is C25H52O8P2. The summed E-state index contributed by atoms with van der Waals surface area (Å²) in [4.78, 5) is 33.7. The van der Waals surface area contributed by atoms with Crippen LogP contribution in [-0.4, -0.2) is 34.8 Å². The minimum Gasteiger partial charge on any atom is -0.319 e. The number of rotatable bonds is 19. The third-order valence-electron chi connectivity index (χ3n) is 5.21. The lowest BCUT2D eigenvalue weighted by Gasteiger charge is -2.24. The Morgan fingerprint density at radius 3 is 1.43 bits per heavy atom. The minimum absolute atomic E-state index is 0.156. The van der Waals surface area contributed by atoms with Crippen LogP contribution in [0.2, 0.25) is 0 Å². The summed E-state index contributed by atoms with van der Waals surface area (Å²) in [6, 6.07) is 0. The monoisotopic (exact) mass is 542 g/mol. The third kappa shape index (κ3) is 15.5. The first-order valence-electron chi connectivity index (χ1n) is 13.3. The van der Waals surface area contributed by atoms with Gasteiger partial charge >= 0.3 is 15.2 Å². The molecule has 0 spiro atoms. The van der Waals surface area contributed by atoms with Crippen molar-refractivity contribution in [2.45, 2.75) is 132 Å². The van der Waals surface area contributed by atoms with E-state index >= 15 is 0 Å². The van der Waals surface area contributed by atoms with E-state index in [-0.39, 0.29) is 36.2 Å². The van der Waals surface area contributed by atoms with E-state index in [1.54, 1.807) is 27.7 Å². The SMILES string of the molecule is CCCCC(CC)C(=O)P(=O)(O)OCCC.CCCCC(CC)C(=O)P(=O)(OC(C)C)OC(C)C. The maximum atomic E-state index is 12.7. The van der Waals surface area contributed by atoms with Crippen LogP contribution in [0.1, 0.15) is 120 Å². The van der Waals surface area contributed by atoms with Gasteiger partial charge in [-0.1, -0.05) is 60.3 Å². The molecule has 35 heavy (non-hydrogen) atoms. The van der Waals surface area contributed by atoms with Gasteiger partial charge in [-0.15, -0.1) is 0 Å². The average molecular weight is 543 g/mol. The molecule has 0 aliphatic carbocycles. The van der Waals surface area contributed by atoms with Crippen LogP contribution in [0.15, 0.2) is 0 Å². The lowest BCUT2D eigenvalue weighted by molar-refractivity contribution is -0.118. The lowest BCUT2D eigenvalue weighted by Crippen LogP contribution is -2.20. The Kier molecular flexibility index (Phi) is 20.7. The number of unbranched alkanes of at least 4 members (excludes halogenated alkanes) is 2. The van der Waals surface area contributed by atoms with Gasteiger partial charge in [0.1, 0.15) is 0 Å². The van der Waals surface area contributed by atoms with Gasteiger partial charge in [0.2, 0.25) is 11.0 Å². The summed E-state index contributed by atoms with van der Waals surface area (Å²) in [5.41, 5.74) is -0.970. The Morgan fingerprint density at radius 1 is 0.714 bits per heavy atom. The Balaban J connectivity index is 0. The molecule has 0 aliphatic rings. The standard InChI is InChI=1S/C14H29O4P.C11H23O4P/c1-7-9-10-13(8-2)14(15)19(16,17-11(3)4)18-12(5)6;1-4-7-8-10(6-3)11(12)16(13,14)15-9-5-2/h11-13H,7-10H2,1-6H3;10H,4-9H2,1-3H3,(H,13,14). The van der Waals surface area contributed by atoms with Crippen molar-refractivity contribution in [1.82, 2.24) is 0 Å². The summed E-state index contributed by atoms with van der Waals surface area (Å²) >= 11 is 0. The fraction of sp³-hybridized carbons (Fsp3) is 0.920. The fourth-order valence-electron chi connectivity index (χ4n) is 3.32. The van der Waals surface area contributed by atoms with Crippen LogP contribution in [0.5, 0.6) is 0 Å². The topological polar surface area (TPSA) is 116 Å². The zero-order valence-electron chi connectivity index (χ0n) is 23.6. The Hall–Kier alpha value is -0.360. The van der Waals surface area contributed by atoms with Crippen LogP contribution in [-0.2, 0) is 32.3 Å². The highest BCUT2D eigenvalue weighted by Gasteiger charge is 2.40. The number of hydrogen-bond donors (Lipinski definition) is 1. The molecule has 0 amide bonds. The van der Waals surface area contributed by atoms with E-state index in [0.717, 1.165) is 32.1 Å². The number of carbonyl (C=O) groups excluding carboxylic acids is 2. The highest BCUT2D eigenvalue weighted by Crippen LogP contribution is 2.54. The van der Waals surface area contributed by atoms with Gasteiger partial charge in [-0.25, -0.2) is 0 Å². The van der Waals surface area contributed by atoms with Crippen LogP contribution >= 0.6 is 15.2 Å². The van der Waals surface area contributed by atoms with E-state index in [2.05, 4.69) is 6.92 Å². The maximum Gasteiger partial charge on any atom is 0.397 e. The molecule has 0 radical (unpaired) electrons. The summed E-state index contributed by atoms with van der Waals surface area (Å²) in [5, 5.41) is 0. The minimum atomic E-state index is -4.05. The molecule has 0 fully saturated rings. The highest BCUT2D eigenvalue weighted by atomic mass is 31.2. The second kappa shape index (κ2) is 19.7. The molecule has 0 bridgehead atoms. The summed E-state index contributed by atoms with van der Waals surface area (Å²) in [6.07, 6.45) is 6.58. The van der Waals surface area contributed by atoms with Crippen molar-refractivity contribution in [3.63, 3.8) is 0 Å². The second-order valence-electron chi connectivity index (χ2n) is 9.33. The molecule has 0 aromatic heterocycles. The van der Waals surface area contributed by atoms with Gasteiger partial charge in [0, 0.05) is 11.8 Å². The molecule has 210 valence electrons. The number of hydrogen-bond acceptors (Lipinski definition) is 7. The largest absolute Gasteiger partial charge is 0.397 e. The van der Waals surface area contributed by atoms with Crippen LogP contribution in [0.4, 0.5) is 0 Å². The van der Waals surface area contributed by atoms with E-state index in [1.165, 1.54) is 0 Å². The Morgan fingerprint density at radius 2 is 1.11 bits per heavy atom. The maximum absolute atomic E-state index is 12.7. The molecular weight excluding hydrogens is 490 g/mol. The van der Waals surface area contributed by atoms with Crippen molar-refractivity contribution >= 4 is 26.2 Å². The molecule has 10 heteroatoms. The molecule has 8 nitrogen and oxygen atoms in total. The normalized spacial score (nSPS) is 15.3. The zero-order valence-corrected chi connectivity index (χ0v) is 25.4. The quantitative estimate of drug-likeness (QED) is 0.163. The van der Waals surface area contributed by atoms with E-state index in [4.69, 9.17) is 13.6 Å². The van der Waals surface area contributed by atoms with Crippen LogP contribution in [0.25, 0.3) is 0 Å². The first kappa shape index (κ1) is 36.8. The van der Waals surface area contributed by atoms with Gasteiger partial charge < -0.3 is 18.5 Å². The molecule has 0 saturated carbocycles. The van der Waals surface area contributed by atoms with Gasteiger partial charge in [0.25, 0.3) is 0 Å². The van der Waals surface area contributed by atoms with Gasteiger partial charge in [0.15, 0.2) is 0 Å². The summed E-state index contributed by atoms with van der Waals surface area (Å²) < 4.78 is 39.8. The fourth-order valence-corrected chi connectivity index (χ4v) is 6.78. The molecule has 3 unspecified atom stereocenters. The molecule has 3 atom stereocenters. The van der Waals surface area contributed by atoms with Crippen molar-refractivity contribution in [1.29, 1.82) is 0 Å². The van der Waals surface area contributed by atoms with Crippen molar-refractivity contribution in [2.75, 3.05) is 6.61 Å². The predicted molar refractivity (Wildman–Crippen MR) is 143 cm³/mol. The van der Waals surface area contributed by atoms with E-state index < -0.39 is 20.7 Å². The highest BCUT2D eigenvalue weighted by molar-refractivity contribution is 7.72. The van der Waals surface area contributed by atoms with Crippen molar-refractivity contribution in [2.24, 2.45) is 11.8 Å². The molecule has 0 aromatic carbocycles. The van der Waals surface area contributed by atoms with Crippen LogP contribution in [0, 0.1) is 11.8 Å². The molecule has 0 rings (SSSR count). The molecule has 1 N–H and O–H groups in total. The average Bonchev–Trinajstić information content (AvgIpc) is 2.77. The van der Waals surface area contributed by atoms with Crippen molar-refractivity contribution < 1.29 is 37.2 Å². The van der Waals surface area contributed by atoms with Gasteiger partial charge in [-0.3, -0.25) is 18.7 Å². The summed E-state index contributed by atoms with van der Waals surface area (Å²) in [6.45, 7) is 16.9. The molecule has 0 aromatic rings. The van der Waals surface area contributed by atoms with Gasteiger partial charge in [-0.05, 0) is 59.8 Å². The Labute approximate surface area is 214 Å². The van der Waals surface area contributed by atoms with Crippen molar-refractivity contribution in [3.05, 3.63) is 0 Å². The summed E-state index contributed by atoms with van der Waals surface area (Å²) in [7, 11) is -7.73. The first-order valence-corrected chi connectivity index (χ1v) is 16.4. The third-order valence-corrected chi connectivity index (χ3v) is 8.97. The van der Waals surface area contributed by atoms with Gasteiger partial charge in [-0.2, -0.15) is 0 Å². The summed E-state index contributed by atoms with van der Waals surface area (Å²) in [5.74, 6) is -0.573. The number of carbonyl (C=O) groups is 2. The van der Waals surface area contributed by atoms with E-state index in [0.29, 0.717) is 25.7 Å². The van der Waals surface area contributed by atoms with Crippen LogP contribution < -0.4 is 0 Å². The van der Waals surface area contributed by atoms with Crippen LogP contribution in [0.3, 0.4) is 0 Å². The lowest BCUT2D eigenvalue weighted by atomic mass is 10.0. The van der Waals surface area contributed by atoms with E-state index in [9.17, 15) is 23.6 Å². The van der Waals surface area contributed by atoms with Crippen molar-refractivity contribution in [3.8, 4) is 0 Å². The molecule has 0 aliphatic heterocycles. The van der Waals surface area contributed by atoms with Gasteiger partial charge in [0.05, 0.1) is 18.8 Å². The second-order valence-corrected chi connectivity index (χ2v) is 12.9. The predicted octanol–water partition coefficient (Wildman–Crippen LogP) is 8.11. The zero-order chi connectivity index (χ0) is 27.7. The Bertz CT molecular complexity index is 664. The molecule has 0 heterocycles.